The largest absolute Gasteiger partial charge is 0.454 e. The molecule has 3 aromatic rings. The van der Waals surface area contributed by atoms with E-state index in [-0.39, 0.29) is 11.6 Å². The minimum absolute atomic E-state index is 0.113. The number of H-pyrrole nitrogens is 1. The lowest BCUT2D eigenvalue weighted by molar-refractivity contribution is 0.0471. The third-order valence-electron chi connectivity index (χ3n) is 5.17. The number of rotatable bonds is 6. The fraction of sp³-hybridized carbons (Fsp3) is 0.304. The molecule has 6 heteroatoms. The maximum Gasteiger partial charge on any atom is 0.340 e. The number of benzene rings is 1. The summed E-state index contributed by atoms with van der Waals surface area (Å²) in [7, 11) is 0. The predicted molar refractivity (Wildman–Crippen MR) is 111 cm³/mol. The second-order valence-corrected chi connectivity index (χ2v) is 7.11. The zero-order chi connectivity index (χ0) is 21.3. The molecule has 0 aliphatic heterocycles. The summed E-state index contributed by atoms with van der Waals surface area (Å²) in [6.07, 6.45) is 0.570. The number of ether oxygens (including phenoxy) is 1. The molecule has 29 heavy (non-hydrogen) atoms. The molecule has 0 aliphatic carbocycles. The highest BCUT2D eigenvalue weighted by atomic mass is 16.5. The van der Waals surface area contributed by atoms with Crippen molar-refractivity contribution in [1.82, 2.24) is 9.97 Å². The van der Waals surface area contributed by atoms with Crippen molar-refractivity contribution in [3.63, 3.8) is 0 Å². The van der Waals surface area contributed by atoms with Crippen LogP contribution in [0.5, 0.6) is 0 Å². The van der Waals surface area contributed by atoms with Crippen molar-refractivity contribution >= 4 is 28.4 Å². The van der Waals surface area contributed by atoms with Crippen molar-refractivity contribution in [2.45, 2.75) is 41.0 Å². The van der Waals surface area contributed by atoms with E-state index in [0.717, 1.165) is 16.5 Å². The lowest BCUT2D eigenvalue weighted by Crippen LogP contribution is -2.18. The fourth-order valence-corrected chi connectivity index (χ4v) is 3.80. The number of hydrogen-bond acceptors (Lipinski definition) is 5. The van der Waals surface area contributed by atoms with Gasteiger partial charge in [0, 0.05) is 16.6 Å². The second kappa shape index (κ2) is 7.99. The lowest BCUT2D eigenvalue weighted by Gasteiger charge is -2.13. The van der Waals surface area contributed by atoms with Crippen LogP contribution in [0.4, 0.5) is 0 Å². The summed E-state index contributed by atoms with van der Waals surface area (Å²) in [5, 5.41) is 0.880. The molecule has 2 aromatic heterocycles. The standard InChI is InChI=1S/C23H24N2O4/c1-6-17-21(12(2)16-9-7-8-10-18(16)25-17)23(28)29-11-19(27)22-13(3)20(15(5)26)14(4)24-22/h7-10,24H,6,11H2,1-5H3. The number of aromatic amines is 1. The van der Waals surface area contributed by atoms with Gasteiger partial charge in [-0.05, 0) is 51.3 Å². The lowest BCUT2D eigenvalue weighted by atomic mass is 10.0. The Morgan fingerprint density at radius 1 is 1.03 bits per heavy atom. The molecule has 1 N–H and O–H groups in total. The van der Waals surface area contributed by atoms with Gasteiger partial charge in [0.1, 0.15) is 0 Å². The maximum absolute atomic E-state index is 12.8. The number of nitrogens with one attached hydrogen (secondary N) is 1. The van der Waals surface area contributed by atoms with Gasteiger partial charge in [0.05, 0.1) is 22.5 Å². The van der Waals surface area contributed by atoms with E-state index in [0.29, 0.717) is 40.2 Å². The number of para-hydroxylation sites is 1. The van der Waals surface area contributed by atoms with Gasteiger partial charge in [-0.3, -0.25) is 14.6 Å². The molecular weight excluding hydrogens is 368 g/mol. The first-order valence-corrected chi connectivity index (χ1v) is 9.54. The first-order chi connectivity index (χ1) is 13.8. The van der Waals surface area contributed by atoms with E-state index < -0.39 is 12.6 Å². The van der Waals surface area contributed by atoms with E-state index >= 15 is 0 Å². The number of pyridine rings is 1. The molecule has 0 bridgehead atoms. The van der Waals surface area contributed by atoms with E-state index in [1.165, 1.54) is 6.92 Å². The number of aromatic nitrogens is 2. The zero-order valence-electron chi connectivity index (χ0n) is 17.3. The molecule has 0 saturated carbocycles. The molecule has 6 nitrogen and oxygen atoms in total. The van der Waals surface area contributed by atoms with Crippen LogP contribution in [0.2, 0.25) is 0 Å². The van der Waals surface area contributed by atoms with Crippen LogP contribution in [-0.2, 0) is 11.2 Å². The van der Waals surface area contributed by atoms with Gasteiger partial charge in [0.15, 0.2) is 12.4 Å². The Bertz CT molecular complexity index is 1140. The van der Waals surface area contributed by atoms with Crippen LogP contribution in [-0.4, -0.2) is 34.1 Å². The summed E-state index contributed by atoms with van der Waals surface area (Å²) in [5.74, 6) is -1.06. The van der Waals surface area contributed by atoms with E-state index in [1.807, 2.05) is 38.1 Å². The normalized spacial score (nSPS) is 10.9. The Morgan fingerprint density at radius 3 is 2.34 bits per heavy atom. The van der Waals surface area contributed by atoms with Crippen LogP contribution in [0.3, 0.4) is 0 Å². The van der Waals surface area contributed by atoms with Gasteiger partial charge in [-0.2, -0.15) is 0 Å². The van der Waals surface area contributed by atoms with Gasteiger partial charge < -0.3 is 9.72 Å². The van der Waals surface area contributed by atoms with Crippen LogP contribution in [0, 0.1) is 20.8 Å². The van der Waals surface area contributed by atoms with Gasteiger partial charge in [0.25, 0.3) is 0 Å². The summed E-state index contributed by atoms with van der Waals surface area (Å²) in [6.45, 7) is 8.28. The SMILES string of the molecule is CCc1nc2ccccc2c(C)c1C(=O)OCC(=O)c1[nH]c(C)c(C(C)=O)c1C. The summed E-state index contributed by atoms with van der Waals surface area (Å²) >= 11 is 0. The van der Waals surface area contributed by atoms with Crippen LogP contribution in [0.25, 0.3) is 10.9 Å². The van der Waals surface area contributed by atoms with Gasteiger partial charge in [-0.15, -0.1) is 0 Å². The Hall–Kier alpha value is -3.28. The molecule has 1 aromatic carbocycles. The minimum atomic E-state index is -0.571. The second-order valence-electron chi connectivity index (χ2n) is 7.11. The maximum atomic E-state index is 12.8. The Labute approximate surface area is 169 Å². The Balaban J connectivity index is 1.86. The number of ketones is 2. The van der Waals surface area contributed by atoms with Gasteiger partial charge in [0.2, 0.25) is 5.78 Å². The number of Topliss-reactive ketones (excluding diaryl/α,β-unsaturated/α-hetero) is 2. The first-order valence-electron chi connectivity index (χ1n) is 9.54. The molecule has 0 saturated heterocycles. The van der Waals surface area contributed by atoms with E-state index in [1.54, 1.807) is 13.8 Å². The van der Waals surface area contributed by atoms with Crippen molar-refractivity contribution in [1.29, 1.82) is 0 Å². The minimum Gasteiger partial charge on any atom is -0.454 e. The highest BCUT2D eigenvalue weighted by molar-refractivity contribution is 6.05. The van der Waals surface area contributed by atoms with Crippen LogP contribution in [0.15, 0.2) is 24.3 Å². The molecule has 0 fully saturated rings. The summed E-state index contributed by atoms with van der Waals surface area (Å²) < 4.78 is 5.35. The van der Waals surface area contributed by atoms with E-state index in [4.69, 9.17) is 4.74 Å². The van der Waals surface area contributed by atoms with Crippen LogP contribution in [0.1, 0.15) is 67.6 Å². The van der Waals surface area contributed by atoms with E-state index in [2.05, 4.69) is 9.97 Å². The van der Waals surface area contributed by atoms with Crippen molar-refractivity contribution in [2.24, 2.45) is 0 Å². The Kier molecular flexibility index (Phi) is 5.64. The number of aryl methyl sites for hydroxylation is 3. The Morgan fingerprint density at radius 2 is 1.72 bits per heavy atom. The fourth-order valence-electron chi connectivity index (χ4n) is 3.80. The number of carbonyl (C=O) groups is 3. The van der Waals surface area contributed by atoms with Crippen molar-refractivity contribution in [3.8, 4) is 0 Å². The number of carbonyl (C=O) groups excluding carboxylic acids is 3. The van der Waals surface area contributed by atoms with Crippen molar-refractivity contribution in [3.05, 3.63) is 63.6 Å². The number of esters is 1. The molecular formula is C23H24N2O4. The molecule has 150 valence electrons. The van der Waals surface area contributed by atoms with Crippen molar-refractivity contribution in [2.75, 3.05) is 6.61 Å². The third kappa shape index (κ3) is 3.70. The molecule has 3 rings (SSSR count). The molecule has 2 heterocycles. The molecule has 0 spiro atoms. The first kappa shape index (κ1) is 20.5. The number of hydrogen-bond donors (Lipinski definition) is 1. The number of fused-ring (bicyclic) bond motifs is 1. The average molecular weight is 392 g/mol. The highest BCUT2D eigenvalue weighted by Crippen LogP contribution is 2.24. The van der Waals surface area contributed by atoms with Crippen molar-refractivity contribution < 1.29 is 19.1 Å². The molecule has 0 amide bonds. The summed E-state index contributed by atoms with van der Waals surface area (Å²) in [4.78, 5) is 44.7. The summed E-state index contributed by atoms with van der Waals surface area (Å²) in [6, 6.07) is 7.61. The van der Waals surface area contributed by atoms with Crippen LogP contribution >= 0.6 is 0 Å². The quantitative estimate of drug-likeness (QED) is 0.499. The molecule has 0 radical (unpaired) electrons. The number of nitrogens with zero attached hydrogens (tertiary/aromatic N) is 1. The van der Waals surface area contributed by atoms with Gasteiger partial charge in [-0.25, -0.2) is 4.79 Å². The predicted octanol–water partition coefficient (Wildman–Crippen LogP) is 4.29. The topological polar surface area (TPSA) is 89.1 Å². The van der Waals surface area contributed by atoms with Crippen LogP contribution < -0.4 is 0 Å². The molecule has 0 atom stereocenters. The highest BCUT2D eigenvalue weighted by Gasteiger charge is 2.23. The summed E-state index contributed by atoms with van der Waals surface area (Å²) in [5.41, 5.74) is 4.67. The monoisotopic (exact) mass is 392 g/mol. The van der Waals surface area contributed by atoms with Gasteiger partial charge >= 0.3 is 5.97 Å². The zero-order valence-corrected chi connectivity index (χ0v) is 17.3. The van der Waals surface area contributed by atoms with E-state index in [9.17, 15) is 14.4 Å². The third-order valence-corrected chi connectivity index (χ3v) is 5.17. The van der Waals surface area contributed by atoms with Gasteiger partial charge in [-0.1, -0.05) is 25.1 Å². The molecule has 0 unspecified atom stereocenters. The average Bonchev–Trinajstić information content (AvgIpc) is 3.00. The smallest absolute Gasteiger partial charge is 0.340 e. The molecule has 0 aliphatic rings.